The smallest absolute Gasteiger partial charge is 0.234 e. The Balaban J connectivity index is 2.76. The van der Waals surface area contributed by atoms with Crippen LogP contribution in [0.2, 0.25) is 0 Å². The number of benzene rings is 1. The summed E-state index contributed by atoms with van der Waals surface area (Å²) in [6.07, 6.45) is 0. The van der Waals surface area contributed by atoms with Crippen molar-refractivity contribution in [1.82, 2.24) is 0 Å². The van der Waals surface area contributed by atoms with E-state index in [1.54, 1.807) is 12.1 Å². The molecule has 2 N–H and O–H groups in total. The lowest BCUT2D eigenvalue weighted by Crippen LogP contribution is -2.18. The third-order valence-electron chi connectivity index (χ3n) is 2.21. The summed E-state index contributed by atoms with van der Waals surface area (Å²) in [5, 5.41) is 8.58. The van der Waals surface area contributed by atoms with Crippen molar-refractivity contribution in [2.75, 3.05) is 17.1 Å². The number of aliphatic hydroxyl groups is 1. The third-order valence-corrected chi connectivity index (χ3v) is 3.48. The minimum atomic E-state index is -3.42. The van der Waals surface area contributed by atoms with Crippen molar-refractivity contribution in [1.29, 1.82) is 0 Å². The summed E-state index contributed by atoms with van der Waals surface area (Å²) in [6, 6.07) is 7.23. The Hall–Kier alpha value is -1.07. The quantitative estimate of drug-likeness (QED) is 0.824. The van der Waals surface area contributed by atoms with Crippen LogP contribution in [-0.2, 0) is 10.0 Å². The second-order valence-corrected chi connectivity index (χ2v) is 5.76. The first-order valence-electron chi connectivity index (χ1n) is 5.16. The van der Waals surface area contributed by atoms with Crippen LogP contribution in [-0.4, -0.2) is 25.9 Å². The molecule has 0 aliphatic heterocycles. The van der Waals surface area contributed by atoms with Gasteiger partial charge in [0.25, 0.3) is 0 Å². The number of nitrogens with one attached hydrogen (secondary N) is 1. The topological polar surface area (TPSA) is 66.4 Å². The van der Waals surface area contributed by atoms with Crippen molar-refractivity contribution in [3.05, 3.63) is 29.8 Å². The zero-order chi connectivity index (χ0) is 12.2. The van der Waals surface area contributed by atoms with Crippen LogP contribution < -0.4 is 4.72 Å². The molecule has 1 rings (SSSR count). The Labute approximate surface area is 96.4 Å². The Morgan fingerprint density at radius 2 is 1.81 bits per heavy atom. The van der Waals surface area contributed by atoms with Gasteiger partial charge in [-0.2, -0.15) is 0 Å². The highest BCUT2D eigenvalue weighted by molar-refractivity contribution is 7.92. The fraction of sp³-hybridized carbons (Fsp3) is 0.455. The van der Waals surface area contributed by atoms with Gasteiger partial charge in [0.1, 0.15) is 0 Å². The first-order chi connectivity index (χ1) is 7.44. The predicted octanol–water partition coefficient (Wildman–Crippen LogP) is 1.54. The van der Waals surface area contributed by atoms with Crippen molar-refractivity contribution < 1.29 is 13.5 Å². The van der Waals surface area contributed by atoms with Gasteiger partial charge in [-0.3, -0.25) is 4.72 Å². The predicted molar refractivity (Wildman–Crippen MR) is 65.0 cm³/mol. The highest BCUT2D eigenvalue weighted by Crippen LogP contribution is 2.17. The van der Waals surface area contributed by atoms with Gasteiger partial charge < -0.3 is 5.11 Å². The highest BCUT2D eigenvalue weighted by Gasteiger charge is 2.09. The molecule has 0 amide bonds. The molecule has 0 spiro atoms. The summed E-state index contributed by atoms with van der Waals surface area (Å²) in [7, 11) is -3.42. The lowest BCUT2D eigenvalue weighted by Gasteiger charge is -2.09. The number of sulfonamides is 1. The molecule has 0 bridgehead atoms. The zero-order valence-electron chi connectivity index (χ0n) is 9.47. The zero-order valence-corrected chi connectivity index (χ0v) is 10.3. The van der Waals surface area contributed by atoms with Crippen LogP contribution in [0.5, 0.6) is 0 Å². The lowest BCUT2D eigenvalue weighted by atomic mass is 10.0. The van der Waals surface area contributed by atoms with Crippen LogP contribution in [0.1, 0.15) is 25.3 Å². The Bertz CT molecular complexity index is 423. The summed E-state index contributed by atoms with van der Waals surface area (Å²) in [5.74, 6) is 0.141. The maximum Gasteiger partial charge on any atom is 0.234 e. The van der Waals surface area contributed by atoms with E-state index in [1.165, 1.54) is 0 Å². The summed E-state index contributed by atoms with van der Waals surface area (Å²) >= 11 is 0. The van der Waals surface area contributed by atoms with Crippen LogP contribution in [0.15, 0.2) is 24.3 Å². The molecule has 90 valence electrons. The first kappa shape index (κ1) is 13.0. The maximum atomic E-state index is 11.3. The van der Waals surface area contributed by atoms with Gasteiger partial charge in [-0.15, -0.1) is 0 Å². The molecule has 0 aromatic heterocycles. The molecule has 1 aromatic rings. The number of aliphatic hydroxyl groups excluding tert-OH is 1. The van der Waals surface area contributed by atoms with Gasteiger partial charge >= 0.3 is 0 Å². The summed E-state index contributed by atoms with van der Waals surface area (Å²) in [5.41, 5.74) is 1.68. The van der Waals surface area contributed by atoms with Crippen LogP contribution in [0.3, 0.4) is 0 Å². The Kier molecular flexibility index (Phi) is 4.32. The van der Waals surface area contributed by atoms with E-state index in [9.17, 15) is 8.42 Å². The van der Waals surface area contributed by atoms with Gasteiger partial charge in [0.05, 0.1) is 12.4 Å². The minimum absolute atomic E-state index is 0.279. The Morgan fingerprint density at radius 1 is 1.25 bits per heavy atom. The average Bonchev–Trinajstić information content (AvgIpc) is 2.17. The summed E-state index contributed by atoms with van der Waals surface area (Å²) in [4.78, 5) is 0. The van der Waals surface area contributed by atoms with E-state index in [0.717, 1.165) is 5.56 Å². The van der Waals surface area contributed by atoms with E-state index in [2.05, 4.69) is 18.6 Å². The van der Waals surface area contributed by atoms with E-state index in [1.807, 2.05) is 12.1 Å². The molecule has 1 aromatic carbocycles. The van der Waals surface area contributed by atoms with Gasteiger partial charge in [-0.1, -0.05) is 26.0 Å². The molecule has 0 atom stereocenters. The van der Waals surface area contributed by atoms with Crippen LogP contribution in [0.25, 0.3) is 0 Å². The fourth-order valence-corrected chi connectivity index (χ4v) is 2.12. The van der Waals surface area contributed by atoms with Crippen molar-refractivity contribution in [3.8, 4) is 0 Å². The molecule has 0 heterocycles. The SMILES string of the molecule is CC(C)c1ccc(NS(=O)(=O)CCO)cc1. The normalized spacial score (nSPS) is 11.8. The maximum absolute atomic E-state index is 11.3. The van der Waals surface area contributed by atoms with Crippen molar-refractivity contribution in [2.24, 2.45) is 0 Å². The molecule has 5 heteroatoms. The van der Waals surface area contributed by atoms with E-state index in [-0.39, 0.29) is 12.4 Å². The first-order valence-corrected chi connectivity index (χ1v) is 6.81. The molecular formula is C11H17NO3S. The Morgan fingerprint density at radius 3 is 2.25 bits per heavy atom. The second-order valence-electron chi connectivity index (χ2n) is 3.92. The van der Waals surface area contributed by atoms with Gasteiger partial charge in [-0.05, 0) is 23.6 Å². The fourth-order valence-electron chi connectivity index (χ4n) is 1.29. The average molecular weight is 243 g/mol. The van der Waals surface area contributed by atoms with E-state index >= 15 is 0 Å². The molecule has 0 unspecified atom stereocenters. The van der Waals surface area contributed by atoms with Crippen LogP contribution in [0.4, 0.5) is 5.69 Å². The molecule has 16 heavy (non-hydrogen) atoms. The van der Waals surface area contributed by atoms with Gasteiger partial charge in [-0.25, -0.2) is 8.42 Å². The van der Waals surface area contributed by atoms with Crippen LogP contribution in [0, 0.1) is 0 Å². The largest absolute Gasteiger partial charge is 0.395 e. The second kappa shape index (κ2) is 5.32. The molecule has 0 saturated heterocycles. The van der Waals surface area contributed by atoms with E-state index in [0.29, 0.717) is 11.6 Å². The summed E-state index contributed by atoms with van der Waals surface area (Å²) in [6.45, 7) is 3.77. The molecule has 0 saturated carbocycles. The molecular weight excluding hydrogens is 226 g/mol. The third kappa shape index (κ3) is 3.83. The molecule has 4 nitrogen and oxygen atoms in total. The molecule has 0 radical (unpaired) electrons. The molecule has 0 aliphatic carbocycles. The van der Waals surface area contributed by atoms with Crippen molar-refractivity contribution in [3.63, 3.8) is 0 Å². The standard InChI is InChI=1S/C11H17NO3S/c1-9(2)10-3-5-11(6-4-10)12-16(14,15)8-7-13/h3-6,9,12-13H,7-8H2,1-2H3. The van der Waals surface area contributed by atoms with Crippen molar-refractivity contribution >= 4 is 15.7 Å². The lowest BCUT2D eigenvalue weighted by molar-refractivity contribution is 0.320. The highest BCUT2D eigenvalue weighted by atomic mass is 32.2. The van der Waals surface area contributed by atoms with Crippen molar-refractivity contribution in [2.45, 2.75) is 19.8 Å². The summed E-state index contributed by atoms with van der Waals surface area (Å²) < 4.78 is 25.1. The van der Waals surface area contributed by atoms with Gasteiger partial charge in [0.2, 0.25) is 10.0 Å². The monoisotopic (exact) mass is 243 g/mol. The number of anilines is 1. The van der Waals surface area contributed by atoms with Crippen LogP contribution >= 0.6 is 0 Å². The number of hydrogen-bond donors (Lipinski definition) is 2. The van der Waals surface area contributed by atoms with Gasteiger partial charge in [0.15, 0.2) is 0 Å². The molecule has 0 fully saturated rings. The number of hydrogen-bond acceptors (Lipinski definition) is 3. The molecule has 0 aliphatic rings. The van der Waals surface area contributed by atoms with E-state index < -0.39 is 10.0 Å². The number of rotatable bonds is 5. The van der Waals surface area contributed by atoms with Gasteiger partial charge in [0, 0.05) is 5.69 Å². The minimum Gasteiger partial charge on any atom is -0.395 e. The van der Waals surface area contributed by atoms with E-state index in [4.69, 9.17) is 5.11 Å².